The molecule has 6 nitrogen and oxygen atoms in total. The number of thiophene rings is 1. The Hall–Kier alpha value is -2.29. The molecule has 0 amide bonds. The third-order valence-corrected chi connectivity index (χ3v) is 8.10. The van der Waals surface area contributed by atoms with E-state index in [1.54, 1.807) is 41.7 Å². The lowest BCUT2D eigenvalue weighted by Gasteiger charge is -2.22. The summed E-state index contributed by atoms with van der Waals surface area (Å²) in [5, 5.41) is 0.0228. The zero-order chi connectivity index (χ0) is 21.1. The Bertz CT molecular complexity index is 1060. The Labute approximate surface area is 176 Å². The molecule has 0 saturated carbocycles. The molecule has 0 radical (unpaired) electrons. The molecule has 0 spiro atoms. The number of nitrogens with two attached hydrogens (primary N) is 1. The first-order valence-corrected chi connectivity index (χ1v) is 11.7. The van der Waals surface area contributed by atoms with E-state index in [2.05, 4.69) is 36.8 Å². The fraction of sp³-hybridized carbons (Fsp3) is 0.333. The molecule has 3 rings (SSSR count). The summed E-state index contributed by atoms with van der Waals surface area (Å²) in [7, 11) is -3.79. The maximum absolute atomic E-state index is 13.3. The molecule has 0 bridgehead atoms. The zero-order valence-electron chi connectivity index (χ0n) is 16.9. The molecule has 3 aromatic heterocycles. The van der Waals surface area contributed by atoms with Gasteiger partial charge in [-0.2, -0.15) is 4.31 Å². The highest BCUT2D eigenvalue weighted by Crippen LogP contribution is 2.33. The molecule has 0 saturated heterocycles. The predicted molar refractivity (Wildman–Crippen MR) is 117 cm³/mol. The molecule has 29 heavy (non-hydrogen) atoms. The van der Waals surface area contributed by atoms with Gasteiger partial charge < -0.3 is 5.73 Å². The van der Waals surface area contributed by atoms with E-state index >= 15 is 0 Å². The summed E-state index contributed by atoms with van der Waals surface area (Å²) in [6.45, 7) is 6.92. The van der Waals surface area contributed by atoms with Crippen LogP contribution in [-0.4, -0.2) is 22.7 Å². The standard InChI is InChI=1S/C21H26N4O2S2/c1-4-21(2,3)18-12-11-17(28-18)15-25(14-16-8-7-9-19(22)24-16)29(26,27)20-10-5-6-13-23-20/h5-13H,4,14-15H2,1-3H3,(H2,22,24). The van der Waals surface area contributed by atoms with Gasteiger partial charge in [-0.25, -0.2) is 18.4 Å². The van der Waals surface area contributed by atoms with Gasteiger partial charge in [-0.1, -0.05) is 32.9 Å². The summed E-state index contributed by atoms with van der Waals surface area (Å²) >= 11 is 1.65. The van der Waals surface area contributed by atoms with Crippen molar-refractivity contribution >= 4 is 27.2 Å². The first-order chi connectivity index (χ1) is 13.7. The summed E-state index contributed by atoms with van der Waals surface area (Å²) in [5.41, 5.74) is 6.44. The maximum Gasteiger partial charge on any atom is 0.261 e. The van der Waals surface area contributed by atoms with Gasteiger partial charge in [0, 0.05) is 22.5 Å². The van der Waals surface area contributed by atoms with Gasteiger partial charge in [0.1, 0.15) is 5.82 Å². The van der Waals surface area contributed by atoms with Crippen LogP contribution in [0.5, 0.6) is 0 Å². The van der Waals surface area contributed by atoms with Crippen LogP contribution in [0, 0.1) is 0 Å². The number of hydrogen-bond donors (Lipinski definition) is 1. The smallest absolute Gasteiger partial charge is 0.261 e. The van der Waals surface area contributed by atoms with Crippen molar-refractivity contribution in [3.05, 3.63) is 70.2 Å². The minimum absolute atomic E-state index is 0.0228. The number of rotatable bonds is 8. The summed E-state index contributed by atoms with van der Waals surface area (Å²) in [4.78, 5) is 10.6. The SMILES string of the molecule is CCC(C)(C)c1ccc(CN(Cc2cccc(N)n2)S(=O)(=O)c2ccccn2)s1. The van der Waals surface area contributed by atoms with E-state index in [-0.39, 0.29) is 23.5 Å². The molecule has 0 aliphatic carbocycles. The van der Waals surface area contributed by atoms with Crippen LogP contribution in [0.25, 0.3) is 0 Å². The Morgan fingerprint density at radius 3 is 2.52 bits per heavy atom. The topological polar surface area (TPSA) is 89.2 Å². The number of nitrogen functional groups attached to an aromatic ring is 1. The fourth-order valence-corrected chi connectivity index (χ4v) is 5.40. The van der Waals surface area contributed by atoms with E-state index in [0.29, 0.717) is 11.5 Å². The van der Waals surface area contributed by atoms with Gasteiger partial charge >= 0.3 is 0 Å². The zero-order valence-corrected chi connectivity index (χ0v) is 18.5. The number of hydrogen-bond acceptors (Lipinski definition) is 6. The van der Waals surface area contributed by atoms with Crippen LogP contribution in [0.4, 0.5) is 5.82 Å². The molecule has 0 atom stereocenters. The number of aromatic nitrogens is 2. The second-order valence-corrected chi connectivity index (χ2v) is 10.6. The maximum atomic E-state index is 13.3. The molecule has 0 unspecified atom stereocenters. The van der Waals surface area contributed by atoms with Crippen LogP contribution in [0.15, 0.2) is 59.8 Å². The highest BCUT2D eigenvalue weighted by molar-refractivity contribution is 7.89. The Kier molecular flexibility index (Phi) is 6.36. The van der Waals surface area contributed by atoms with Gasteiger partial charge in [-0.3, -0.25) is 0 Å². The highest BCUT2D eigenvalue weighted by atomic mass is 32.2. The molecule has 3 heterocycles. The van der Waals surface area contributed by atoms with Gasteiger partial charge in [0.15, 0.2) is 5.03 Å². The monoisotopic (exact) mass is 430 g/mol. The normalized spacial score (nSPS) is 12.4. The lowest BCUT2D eigenvalue weighted by Crippen LogP contribution is -2.31. The molecule has 0 aliphatic rings. The molecular weight excluding hydrogens is 404 g/mol. The number of pyridine rings is 2. The second kappa shape index (κ2) is 8.61. The minimum atomic E-state index is -3.79. The minimum Gasteiger partial charge on any atom is -0.384 e. The molecule has 3 aromatic rings. The van der Waals surface area contributed by atoms with Gasteiger partial charge in [0.05, 0.1) is 12.2 Å². The Morgan fingerprint density at radius 2 is 1.86 bits per heavy atom. The molecule has 154 valence electrons. The third kappa shape index (κ3) is 5.01. The van der Waals surface area contributed by atoms with Crippen LogP contribution in [-0.2, 0) is 28.5 Å². The van der Waals surface area contributed by atoms with E-state index in [0.717, 1.165) is 11.3 Å². The van der Waals surface area contributed by atoms with Crippen molar-refractivity contribution in [3.8, 4) is 0 Å². The van der Waals surface area contributed by atoms with Crippen molar-refractivity contribution in [1.82, 2.24) is 14.3 Å². The number of anilines is 1. The van der Waals surface area contributed by atoms with Crippen molar-refractivity contribution in [3.63, 3.8) is 0 Å². The summed E-state index contributed by atoms with van der Waals surface area (Å²) in [6.07, 6.45) is 2.49. The van der Waals surface area contributed by atoms with E-state index in [1.807, 2.05) is 6.07 Å². The van der Waals surface area contributed by atoms with Crippen molar-refractivity contribution in [2.24, 2.45) is 0 Å². The molecule has 0 fully saturated rings. The first-order valence-electron chi connectivity index (χ1n) is 9.44. The van der Waals surface area contributed by atoms with E-state index in [4.69, 9.17) is 5.73 Å². The second-order valence-electron chi connectivity index (χ2n) is 7.50. The van der Waals surface area contributed by atoms with Crippen LogP contribution in [0.1, 0.15) is 42.6 Å². The first kappa shape index (κ1) is 21.4. The molecule has 2 N–H and O–H groups in total. The van der Waals surface area contributed by atoms with Crippen molar-refractivity contribution in [2.45, 2.75) is 50.7 Å². The van der Waals surface area contributed by atoms with Gasteiger partial charge in [-0.15, -0.1) is 11.3 Å². The quantitative estimate of drug-likeness (QED) is 0.578. The van der Waals surface area contributed by atoms with Gasteiger partial charge in [0.2, 0.25) is 0 Å². The lowest BCUT2D eigenvalue weighted by atomic mass is 9.89. The molecule has 0 aliphatic heterocycles. The van der Waals surface area contributed by atoms with Crippen molar-refractivity contribution in [2.75, 3.05) is 5.73 Å². The molecule has 8 heteroatoms. The molecule has 0 aromatic carbocycles. The van der Waals surface area contributed by atoms with Crippen LogP contribution in [0.2, 0.25) is 0 Å². The van der Waals surface area contributed by atoms with Crippen molar-refractivity contribution in [1.29, 1.82) is 0 Å². The van der Waals surface area contributed by atoms with Gasteiger partial charge in [-0.05, 0) is 48.2 Å². The Morgan fingerprint density at radius 1 is 1.07 bits per heavy atom. The third-order valence-electron chi connectivity index (χ3n) is 4.95. The fourth-order valence-electron chi connectivity index (χ4n) is 2.80. The highest BCUT2D eigenvalue weighted by Gasteiger charge is 2.28. The average molecular weight is 431 g/mol. The van der Waals surface area contributed by atoms with Crippen LogP contribution >= 0.6 is 11.3 Å². The summed E-state index contributed by atoms with van der Waals surface area (Å²) < 4.78 is 28.0. The number of sulfonamides is 1. The summed E-state index contributed by atoms with van der Waals surface area (Å²) in [6, 6.07) is 14.2. The summed E-state index contributed by atoms with van der Waals surface area (Å²) in [5.74, 6) is 0.362. The average Bonchev–Trinajstić information content (AvgIpc) is 3.18. The van der Waals surface area contributed by atoms with E-state index in [1.165, 1.54) is 21.4 Å². The van der Waals surface area contributed by atoms with E-state index < -0.39 is 10.0 Å². The van der Waals surface area contributed by atoms with Crippen molar-refractivity contribution < 1.29 is 8.42 Å². The largest absolute Gasteiger partial charge is 0.384 e. The number of nitrogens with zero attached hydrogens (tertiary/aromatic N) is 3. The lowest BCUT2D eigenvalue weighted by molar-refractivity contribution is 0.398. The predicted octanol–water partition coefficient (Wildman–Crippen LogP) is 4.20. The van der Waals surface area contributed by atoms with Crippen LogP contribution in [0.3, 0.4) is 0 Å². The van der Waals surface area contributed by atoms with Gasteiger partial charge in [0.25, 0.3) is 10.0 Å². The molecular formula is C21H26N4O2S2. The van der Waals surface area contributed by atoms with E-state index in [9.17, 15) is 8.42 Å². The van der Waals surface area contributed by atoms with Crippen LogP contribution < -0.4 is 5.73 Å². The Balaban J connectivity index is 1.95.